The van der Waals surface area contributed by atoms with Crippen LogP contribution in [0.15, 0.2) is 51.8 Å². The molecule has 0 saturated carbocycles. The highest BCUT2D eigenvalue weighted by Gasteiger charge is 2.29. The van der Waals surface area contributed by atoms with E-state index in [0.29, 0.717) is 35.4 Å². The highest BCUT2D eigenvalue weighted by Crippen LogP contribution is 2.29. The Bertz CT molecular complexity index is 1450. The lowest BCUT2D eigenvalue weighted by molar-refractivity contribution is -0.158. The summed E-state index contributed by atoms with van der Waals surface area (Å²) in [5, 5.41) is 14.7. The van der Waals surface area contributed by atoms with Crippen LogP contribution >= 0.6 is 15.9 Å². The second-order valence-corrected chi connectivity index (χ2v) is 12.0. The molecule has 1 saturated heterocycles. The highest BCUT2D eigenvalue weighted by atomic mass is 79.9. The molecule has 1 aliphatic heterocycles. The average Bonchev–Trinajstić information content (AvgIpc) is 3.38. The van der Waals surface area contributed by atoms with Crippen LogP contribution in [0.1, 0.15) is 37.6 Å². The first kappa shape index (κ1) is 27.8. The minimum Gasteiger partial charge on any atom is -0.379 e. The summed E-state index contributed by atoms with van der Waals surface area (Å²) in [5.41, 5.74) is 0.175. The maximum atomic E-state index is 13.1. The number of amides is 1. The molecule has 0 atom stereocenters. The Balaban J connectivity index is 1.57. The molecule has 4 rings (SSSR count). The minimum absolute atomic E-state index is 0.0181. The largest absolute Gasteiger partial charge is 0.379 e. The molecule has 1 fully saturated rings. The Hall–Kier alpha value is -3.20. The van der Waals surface area contributed by atoms with Gasteiger partial charge >= 0.3 is 5.97 Å². The monoisotopic (exact) mass is 606 g/mol. The van der Waals surface area contributed by atoms with Crippen molar-refractivity contribution in [3.05, 3.63) is 52.5 Å². The van der Waals surface area contributed by atoms with Crippen molar-refractivity contribution in [2.75, 3.05) is 31.6 Å². The lowest BCUT2D eigenvalue weighted by atomic mass is 9.91. The van der Waals surface area contributed by atoms with Crippen LogP contribution in [0, 0.1) is 5.41 Å². The quantitative estimate of drug-likeness (QED) is 0.382. The summed E-state index contributed by atoms with van der Waals surface area (Å²) in [5.74, 6) is -0.943. The van der Waals surface area contributed by atoms with Crippen LogP contribution in [0.2, 0.25) is 0 Å². The third kappa shape index (κ3) is 6.09. The molecule has 0 spiro atoms. The van der Waals surface area contributed by atoms with E-state index >= 15 is 0 Å². The number of tetrazole rings is 1. The molecule has 1 N–H and O–H groups in total. The van der Waals surface area contributed by atoms with Crippen LogP contribution in [0.4, 0.5) is 5.69 Å². The molecular weight excluding hydrogens is 580 g/mol. The fourth-order valence-electron chi connectivity index (χ4n) is 3.43. The van der Waals surface area contributed by atoms with Crippen LogP contribution in [-0.2, 0) is 19.6 Å². The fraction of sp³-hybridized carbons (Fsp3) is 0.375. The Morgan fingerprint density at radius 2 is 1.89 bits per heavy atom. The number of ether oxygens (including phenoxy) is 1. The Kier molecular flexibility index (Phi) is 8.25. The number of hydrogen-bond acceptors (Lipinski definition) is 9. The number of sulfonamides is 1. The number of anilines is 1. The van der Waals surface area contributed by atoms with E-state index in [2.05, 4.69) is 36.7 Å². The van der Waals surface area contributed by atoms with Crippen molar-refractivity contribution in [2.45, 2.75) is 32.1 Å². The van der Waals surface area contributed by atoms with Gasteiger partial charge in [-0.1, -0.05) is 34.0 Å². The van der Waals surface area contributed by atoms with Gasteiger partial charge in [-0.25, -0.2) is 13.2 Å². The molecule has 12 nitrogen and oxygen atoms in total. The summed E-state index contributed by atoms with van der Waals surface area (Å²) in [4.78, 5) is 31.5. The molecule has 2 heterocycles. The molecule has 2 aromatic carbocycles. The number of rotatable bonds is 8. The lowest BCUT2D eigenvalue weighted by Gasteiger charge is -2.26. The standard InChI is InChI=1S/C24H27BrN6O6S/c1-4-24(2,3)23(33)37-31-28-21(27-29-31)19-15-17(25)8-9-20(19)26-22(32)16-6-5-7-18(14-16)38(34,35)30-10-12-36-13-11-30/h5-9,14-15H,4,10-13H2,1-3H3,(H,26,32). The molecule has 0 aliphatic carbocycles. The van der Waals surface area contributed by atoms with Crippen LogP contribution in [0.3, 0.4) is 0 Å². The van der Waals surface area contributed by atoms with E-state index in [9.17, 15) is 18.0 Å². The average molecular weight is 607 g/mol. The van der Waals surface area contributed by atoms with Crippen LogP contribution in [0.25, 0.3) is 11.4 Å². The first-order valence-electron chi connectivity index (χ1n) is 11.8. The number of carbonyl (C=O) groups is 2. The van der Waals surface area contributed by atoms with Gasteiger partial charge in [0, 0.05) is 33.6 Å². The molecule has 202 valence electrons. The molecule has 0 unspecified atom stereocenters. The molecule has 14 heteroatoms. The van der Waals surface area contributed by atoms with Gasteiger partial charge in [-0.05, 0) is 61.9 Å². The van der Waals surface area contributed by atoms with Crippen molar-refractivity contribution >= 4 is 43.5 Å². The van der Waals surface area contributed by atoms with Gasteiger partial charge in [-0.15, -0.1) is 5.10 Å². The number of morpholine rings is 1. The number of hydrogen-bond donors (Lipinski definition) is 1. The lowest BCUT2D eigenvalue weighted by Crippen LogP contribution is -2.40. The SMILES string of the molecule is CCC(C)(C)C(=O)On1nnc(-c2cc(Br)ccc2NC(=O)c2cccc(S(=O)(=O)N3CCOCC3)c2)n1. The summed E-state index contributed by atoms with van der Waals surface area (Å²) >= 11 is 3.40. The first-order chi connectivity index (χ1) is 18.0. The summed E-state index contributed by atoms with van der Waals surface area (Å²) in [6.07, 6.45) is 0.560. The van der Waals surface area contributed by atoms with Gasteiger partial charge in [0.05, 0.1) is 29.2 Å². The van der Waals surface area contributed by atoms with E-state index < -0.39 is 27.3 Å². The number of carbonyl (C=O) groups excluding carboxylic acids is 2. The summed E-state index contributed by atoms with van der Waals surface area (Å²) < 4.78 is 33.3. The van der Waals surface area contributed by atoms with Crippen LogP contribution in [-0.4, -0.2) is 71.3 Å². The van der Waals surface area contributed by atoms with Crippen molar-refractivity contribution < 1.29 is 27.6 Å². The number of halogens is 1. The van der Waals surface area contributed by atoms with Gasteiger partial charge in [0.2, 0.25) is 15.8 Å². The molecule has 1 aliphatic rings. The zero-order valence-corrected chi connectivity index (χ0v) is 23.5. The van der Waals surface area contributed by atoms with Crippen molar-refractivity contribution in [2.24, 2.45) is 5.41 Å². The summed E-state index contributed by atoms with van der Waals surface area (Å²) in [7, 11) is -3.77. The summed E-state index contributed by atoms with van der Waals surface area (Å²) in [6.45, 7) is 6.50. The first-order valence-corrected chi connectivity index (χ1v) is 14.1. The second-order valence-electron chi connectivity index (χ2n) is 9.17. The number of aromatic nitrogens is 4. The van der Waals surface area contributed by atoms with Crippen LogP contribution < -0.4 is 10.2 Å². The topological polar surface area (TPSA) is 146 Å². The third-order valence-corrected chi connectivity index (χ3v) is 8.56. The van der Waals surface area contributed by atoms with E-state index in [4.69, 9.17) is 9.57 Å². The van der Waals surface area contributed by atoms with Gasteiger partial charge in [0.1, 0.15) is 0 Å². The Labute approximate surface area is 228 Å². The van der Waals surface area contributed by atoms with Crippen molar-refractivity contribution in [3.8, 4) is 11.4 Å². The van der Waals surface area contributed by atoms with Gasteiger partial charge in [-0.3, -0.25) is 4.79 Å². The van der Waals surface area contributed by atoms with Crippen molar-refractivity contribution in [1.29, 1.82) is 0 Å². The van der Waals surface area contributed by atoms with Gasteiger partial charge in [0.25, 0.3) is 5.91 Å². The Morgan fingerprint density at radius 1 is 1.16 bits per heavy atom. The highest BCUT2D eigenvalue weighted by molar-refractivity contribution is 9.10. The van der Waals surface area contributed by atoms with Crippen molar-refractivity contribution in [1.82, 2.24) is 24.7 Å². The molecule has 1 aromatic heterocycles. The predicted octanol–water partition coefficient (Wildman–Crippen LogP) is 2.77. The summed E-state index contributed by atoms with van der Waals surface area (Å²) in [6, 6.07) is 10.9. The smallest absolute Gasteiger partial charge is 0.342 e. The van der Waals surface area contributed by atoms with Gasteiger partial charge in [-0.2, -0.15) is 4.31 Å². The fourth-order valence-corrected chi connectivity index (χ4v) is 5.24. The molecule has 0 bridgehead atoms. The van der Waals surface area contributed by atoms with Crippen molar-refractivity contribution in [3.63, 3.8) is 0 Å². The van der Waals surface area contributed by atoms with Crippen LogP contribution in [0.5, 0.6) is 0 Å². The number of nitrogens with one attached hydrogen (secondary N) is 1. The van der Waals surface area contributed by atoms with E-state index in [1.54, 1.807) is 32.0 Å². The second kappa shape index (κ2) is 11.3. The van der Waals surface area contributed by atoms with E-state index in [1.807, 2.05) is 6.92 Å². The van der Waals surface area contributed by atoms with E-state index in [1.165, 1.54) is 28.6 Å². The molecule has 0 radical (unpaired) electrons. The maximum absolute atomic E-state index is 13.1. The number of nitrogens with zero attached hydrogens (tertiary/aromatic N) is 5. The molecule has 38 heavy (non-hydrogen) atoms. The molecular formula is C24H27BrN6O6S. The van der Waals surface area contributed by atoms with Gasteiger partial charge in [0.15, 0.2) is 0 Å². The molecule has 3 aromatic rings. The minimum atomic E-state index is -3.77. The predicted molar refractivity (Wildman–Crippen MR) is 141 cm³/mol. The van der Waals surface area contributed by atoms with E-state index in [0.717, 1.165) is 4.96 Å². The normalized spacial score (nSPS) is 14.7. The molecule has 1 amide bonds. The third-order valence-electron chi connectivity index (χ3n) is 6.17. The maximum Gasteiger partial charge on any atom is 0.342 e. The Morgan fingerprint density at radius 3 is 2.61 bits per heavy atom. The van der Waals surface area contributed by atoms with Gasteiger partial charge < -0.3 is 14.9 Å². The number of benzene rings is 2. The zero-order valence-electron chi connectivity index (χ0n) is 21.0. The zero-order chi connectivity index (χ0) is 27.5. The van der Waals surface area contributed by atoms with E-state index in [-0.39, 0.29) is 29.4 Å².